The third kappa shape index (κ3) is 3.32. The van der Waals surface area contributed by atoms with E-state index in [1.807, 2.05) is 44.4 Å². The number of benzene rings is 1. The lowest BCUT2D eigenvalue weighted by Crippen LogP contribution is -2.33. The summed E-state index contributed by atoms with van der Waals surface area (Å²) in [6.45, 7) is 2.63. The zero-order chi connectivity index (χ0) is 16.9. The Balaban J connectivity index is 1.53. The molecule has 0 saturated carbocycles. The summed E-state index contributed by atoms with van der Waals surface area (Å²) >= 11 is 0. The van der Waals surface area contributed by atoms with Gasteiger partial charge in [-0.2, -0.15) is 5.10 Å². The molecular formula is C18H23N5O. The van der Waals surface area contributed by atoms with Crippen molar-refractivity contribution < 1.29 is 4.79 Å². The molecule has 0 aliphatic carbocycles. The Labute approximate surface area is 141 Å². The van der Waals surface area contributed by atoms with E-state index in [0.29, 0.717) is 6.54 Å². The molecule has 126 valence electrons. The summed E-state index contributed by atoms with van der Waals surface area (Å²) < 4.78 is 3.83. The number of carbonyl (C=O) groups excluding carboxylic acids is 1. The normalized spacial score (nSPS) is 12.4. The Kier molecular flexibility index (Phi) is 4.93. The van der Waals surface area contributed by atoms with Crippen molar-refractivity contribution in [3.63, 3.8) is 0 Å². The lowest BCUT2D eigenvalue weighted by molar-refractivity contribution is -0.124. The number of amides is 1. The predicted octanol–water partition coefficient (Wildman–Crippen LogP) is 2.47. The van der Waals surface area contributed by atoms with Crippen molar-refractivity contribution in [2.75, 3.05) is 6.54 Å². The number of fused-ring (bicyclic) bond motifs is 1. The van der Waals surface area contributed by atoms with E-state index >= 15 is 0 Å². The number of carbonyl (C=O) groups is 1. The lowest BCUT2D eigenvalue weighted by Gasteiger charge is -2.15. The maximum atomic E-state index is 12.3. The van der Waals surface area contributed by atoms with Crippen LogP contribution in [0.4, 0.5) is 0 Å². The summed E-state index contributed by atoms with van der Waals surface area (Å²) in [6, 6.07) is 9.71. The Hall–Kier alpha value is -2.63. The van der Waals surface area contributed by atoms with Crippen LogP contribution in [0.5, 0.6) is 0 Å². The summed E-state index contributed by atoms with van der Waals surface area (Å²) in [5.74, 6) is 1.07. The van der Waals surface area contributed by atoms with Crippen LogP contribution in [-0.2, 0) is 18.3 Å². The van der Waals surface area contributed by atoms with E-state index in [1.165, 1.54) is 0 Å². The van der Waals surface area contributed by atoms with Gasteiger partial charge in [0.15, 0.2) is 0 Å². The number of hydrogen-bond acceptors (Lipinski definition) is 3. The van der Waals surface area contributed by atoms with E-state index in [1.54, 1.807) is 10.9 Å². The van der Waals surface area contributed by atoms with Gasteiger partial charge in [-0.15, -0.1) is 0 Å². The number of aromatic nitrogens is 4. The molecule has 1 amide bonds. The zero-order valence-corrected chi connectivity index (χ0v) is 14.1. The van der Waals surface area contributed by atoms with Crippen LogP contribution in [0.3, 0.4) is 0 Å². The minimum atomic E-state index is -0.240. The lowest BCUT2D eigenvalue weighted by atomic mass is 10.2. The van der Waals surface area contributed by atoms with Gasteiger partial charge in [0.2, 0.25) is 5.91 Å². The van der Waals surface area contributed by atoms with Crippen LogP contribution >= 0.6 is 0 Å². The summed E-state index contributed by atoms with van der Waals surface area (Å²) in [6.07, 6.45) is 5.94. The van der Waals surface area contributed by atoms with E-state index in [-0.39, 0.29) is 11.9 Å². The maximum Gasteiger partial charge on any atom is 0.244 e. The second-order valence-corrected chi connectivity index (χ2v) is 5.88. The van der Waals surface area contributed by atoms with Crippen LogP contribution in [0.15, 0.2) is 42.7 Å². The molecule has 24 heavy (non-hydrogen) atoms. The summed E-state index contributed by atoms with van der Waals surface area (Å²) in [4.78, 5) is 17.0. The molecule has 3 rings (SSSR count). The molecule has 0 aliphatic rings. The average Bonchev–Trinajstić information content (AvgIpc) is 3.22. The number of para-hydroxylation sites is 2. The number of imidazole rings is 1. The van der Waals surface area contributed by atoms with Crippen molar-refractivity contribution >= 4 is 16.9 Å². The molecule has 1 aromatic carbocycles. The molecule has 2 aromatic heterocycles. The number of hydrogen-bond donors (Lipinski definition) is 1. The standard InChI is InChI=1S/C18H23N5O/c1-3-15(23-13-7-12-20-23)18(24)19-11-6-10-17-21-14-8-4-5-9-16(14)22(17)2/h4-5,7-9,12-13,15H,3,6,10-11H2,1-2H3,(H,19,24). The quantitative estimate of drug-likeness (QED) is 0.679. The van der Waals surface area contributed by atoms with Crippen molar-refractivity contribution in [3.8, 4) is 0 Å². The van der Waals surface area contributed by atoms with E-state index < -0.39 is 0 Å². The van der Waals surface area contributed by atoms with Gasteiger partial charge in [0.25, 0.3) is 0 Å². The van der Waals surface area contributed by atoms with Crippen molar-refractivity contribution in [2.24, 2.45) is 7.05 Å². The molecule has 6 heteroatoms. The van der Waals surface area contributed by atoms with Crippen molar-refractivity contribution in [3.05, 3.63) is 48.5 Å². The van der Waals surface area contributed by atoms with Gasteiger partial charge in [-0.05, 0) is 31.0 Å². The van der Waals surface area contributed by atoms with Crippen molar-refractivity contribution in [1.82, 2.24) is 24.6 Å². The van der Waals surface area contributed by atoms with Gasteiger partial charge < -0.3 is 9.88 Å². The number of rotatable bonds is 7. The Morgan fingerprint density at radius 3 is 2.83 bits per heavy atom. The first kappa shape index (κ1) is 16.2. The highest BCUT2D eigenvalue weighted by Crippen LogP contribution is 2.15. The SMILES string of the molecule is CCC(C(=O)NCCCc1nc2ccccc2n1C)n1cccn1. The number of nitrogens with one attached hydrogen (secondary N) is 1. The Morgan fingerprint density at radius 2 is 2.12 bits per heavy atom. The molecule has 0 radical (unpaired) electrons. The van der Waals surface area contributed by atoms with Gasteiger partial charge in [0.1, 0.15) is 11.9 Å². The summed E-state index contributed by atoms with van der Waals surface area (Å²) in [5.41, 5.74) is 2.16. The fraction of sp³-hybridized carbons (Fsp3) is 0.389. The molecule has 0 aliphatic heterocycles. The zero-order valence-electron chi connectivity index (χ0n) is 14.1. The molecule has 3 aromatic rings. The fourth-order valence-electron chi connectivity index (χ4n) is 2.95. The highest BCUT2D eigenvalue weighted by molar-refractivity contribution is 5.80. The van der Waals surface area contributed by atoms with E-state index in [4.69, 9.17) is 0 Å². The molecule has 0 bridgehead atoms. The van der Waals surface area contributed by atoms with Crippen molar-refractivity contribution in [1.29, 1.82) is 0 Å². The van der Waals surface area contributed by atoms with Gasteiger partial charge in [-0.1, -0.05) is 19.1 Å². The first-order valence-corrected chi connectivity index (χ1v) is 8.38. The predicted molar refractivity (Wildman–Crippen MR) is 93.6 cm³/mol. The third-order valence-electron chi connectivity index (χ3n) is 4.29. The molecule has 2 heterocycles. The second-order valence-electron chi connectivity index (χ2n) is 5.88. The van der Waals surface area contributed by atoms with Gasteiger partial charge in [-0.3, -0.25) is 9.48 Å². The first-order chi connectivity index (χ1) is 11.7. The van der Waals surface area contributed by atoms with Crippen LogP contribution in [0, 0.1) is 0 Å². The molecule has 0 saturated heterocycles. The molecule has 1 N–H and O–H groups in total. The summed E-state index contributed by atoms with van der Waals surface area (Å²) in [5, 5.41) is 7.17. The van der Waals surface area contributed by atoms with Gasteiger partial charge in [0.05, 0.1) is 11.0 Å². The van der Waals surface area contributed by atoms with Crippen LogP contribution in [0.2, 0.25) is 0 Å². The third-order valence-corrected chi connectivity index (χ3v) is 4.29. The smallest absolute Gasteiger partial charge is 0.244 e. The number of nitrogens with zero attached hydrogens (tertiary/aromatic N) is 4. The Bertz CT molecular complexity index is 806. The van der Waals surface area contributed by atoms with Crippen molar-refractivity contribution in [2.45, 2.75) is 32.2 Å². The van der Waals surface area contributed by atoms with E-state index in [2.05, 4.69) is 26.0 Å². The van der Waals surface area contributed by atoms with Crippen LogP contribution in [0.1, 0.15) is 31.6 Å². The van der Waals surface area contributed by atoms with E-state index in [9.17, 15) is 4.79 Å². The molecule has 1 atom stereocenters. The topological polar surface area (TPSA) is 64.7 Å². The van der Waals surface area contributed by atoms with E-state index in [0.717, 1.165) is 36.1 Å². The Morgan fingerprint density at radius 1 is 1.29 bits per heavy atom. The molecule has 0 fully saturated rings. The molecule has 1 unspecified atom stereocenters. The molecular weight excluding hydrogens is 302 g/mol. The monoisotopic (exact) mass is 325 g/mol. The van der Waals surface area contributed by atoms with Gasteiger partial charge in [0, 0.05) is 32.4 Å². The second kappa shape index (κ2) is 7.29. The summed E-state index contributed by atoms with van der Waals surface area (Å²) in [7, 11) is 2.04. The highest BCUT2D eigenvalue weighted by Gasteiger charge is 2.17. The van der Waals surface area contributed by atoms with Gasteiger partial charge >= 0.3 is 0 Å². The average molecular weight is 325 g/mol. The molecule has 6 nitrogen and oxygen atoms in total. The largest absolute Gasteiger partial charge is 0.354 e. The fourth-order valence-corrected chi connectivity index (χ4v) is 2.95. The maximum absolute atomic E-state index is 12.3. The molecule has 0 spiro atoms. The van der Waals surface area contributed by atoms with Crippen LogP contribution in [0.25, 0.3) is 11.0 Å². The highest BCUT2D eigenvalue weighted by atomic mass is 16.2. The number of aryl methyl sites for hydroxylation is 2. The van der Waals surface area contributed by atoms with Gasteiger partial charge in [-0.25, -0.2) is 4.98 Å². The minimum absolute atomic E-state index is 0.0196. The minimum Gasteiger partial charge on any atom is -0.354 e. The van der Waals surface area contributed by atoms with Crippen LogP contribution < -0.4 is 5.32 Å². The van der Waals surface area contributed by atoms with Crippen LogP contribution in [-0.4, -0.2) is 31.8 Å². The first-order valence-electron chi connectivity index (χ1n) is 8.38.